The Morgan fingerprint density at radius 1 is 1.15 bits per heavy atom. The third kappa shape index (κ3) is 2.77. The minimum absolute atomic E-state index is 0.279. The van der Waals surface area contributed by atoms with Gasteiger partial charge in [0.2, 0.25) is 0 Å². The minimum Gasteiger partial charge on any atom is -0.480 e. The molecule has 1 N–H and O–H groups in total. The monoisotopic (exact) mass is 380 g/mol. The first-order valence-corrected chi connectivity index (χ1v) is 9.79. The summed E-state index contributed by atoms with van der Waals surface area (Å²) >= 11 is 1.66. The Bertz CT molecular complexity index is 1220. The molecule has 4 aromatic rings. The molecule has 5 nitrogen and oxygen atoms in total. The molecule has 2 aromatic carbocycles. The van der Waals surface area contributed by atoms with E-state index in [4.69, 9.17) is 0 Å². The van der Waals surface area contributed by atoms with Crippen molar-refractivity contribution in [2.45, 2.75) is 32.9 Å². The van der Waals surface area contributed by atoms with Crippen LogP contribution in [0.15, 0.2) is 52.6 Å². The van der Waals surface area contributed by atoms with Crippen LogP contribution in [0.1, 0.15) is 30.5 Å². The standard InChI is InChI=1S/C21H20N2O3S/c1-3-15(20(24)25)23-17-9-5-4-8-16(17)22(21(23)26)11-14-12-27-18-10-6-7-13(2)19(14)18/h4-10,12,15H,3,11H2,1-2H3,(H,24,25)/t15-/m0/s1. The van der Waals surface area contributed by atoms with Gasteiger partial charge in [-0.25, -0.2) is 9.59 Å². The molecule has 2 aromatic heterocycles. The lowest BCUT2D eigenvalue weighted by Gasteiger charge is -2.11. The van der Waals surface area contributed by atoms with Crippen LogP contribution in [0.5, 0.6) is 0 Å². The first-order valence-electron chi connectivity index (χ1n) is 8.91. The molecule has 0 bridgehead atoms. The predicted octanol–water partition coefficient (Wildman–Crippen LogP) is 4.41. The van der Waals surface area contributed by atoms with E-state index < -0.39 is 12.0 Å². The van der Waals surface area contributed by atoms with E-state index in [1.165, 1.54) is 20.2 Å². The molecule has 0 saturated heterocycles. The average molecular weight is 380 g/mol. The average Bonchev–Trinajstić information content (AvgIpc) is 3.18. The van der Waals surface area contributed by atoms with Crippen molar-refractivity contribution >= 4 is 38.4 Å². The number of rotatable bonds is 5. The molecule has 138 valence electrons. The molecule has 0 fully saturated rings. The number of hydrogen-bond acceptors (Lipinski definition) is 3. The summed E-state index contributed by atoms with van der Waals surface area (Å²) in [4.78, 5) is 24.9. The lowest BCUT2D eigenvalue weighted by molar-refractivity contribution is -0.141. The van der Waals surface area contributed by atoms with Crippen LogP contribution in [0.3, 0.4) is 0 Å². The number of fused-ring (bicyclic) bond motifs is 2. The lowest BCUT2D eigenvalue weighted by atomic mass is 10.1. The fraction of sp³-hybridized carbons (Fsp3) is 0.238. The second kappa shape index (κ2) is 6.70. The second-order valence-electron chi connectivity index (χ2n) is 6.70. The van der Waals surface area contributed by atoms with E-state index in [0.717, 1.165) is 11.1 Å². The molecule has 0 saturated carbocycles. The van der Waals surface area contributed by atoms with Crippen LogP contribution in [0.2, 0.25) is 0 Å². The van der Waals surface area contributed by atoms with Crippen molar-refractivity contribution in [2.24, 2.45) is 0 Å². The van der Waals surface area contributed by atoms with Crippen LogP contribution < -0.4 is 5.69 Å². The number of carboxylic acid groups (broad SMARTS) is 1. The van der Waals surface area contributed by atoms with Gasteiger partial charge in [-0.15, -0.1) is 11.3 Å². The molecule has 0 spiro atoms. The lowest BCUT2D eigenvalue weighted by Crippen LogP contribution is -2.31. The summed E-state index contributed by atoms with van der Waals surface area (Å²) in [5.74, 6) is -0.987. The Labute approximate surface area is 160 Å². The van der Waals surface area contributed by atoms with Crippen molar-refractivity contribution in [1.29, 1.82) is 0 Å². The summed E-state index contributed by atoms with van der Waals surface area (Å²) in [7, 11) is 0. The van der Waals surface area contributed by atoms with E-state index in [9.17, 15) is 14.7 Å². The van der Waals surface area contributed by atoms with Gasteiger partial charge in [-0.2, -0.15) is 0 Å². The summed E-state index contributed by atoms with van der Waals surface area (Å²) in [5.41, 5.74) is 3.40. The van der Waals surface area contributed by atoms with Crippen LogP contribution in [0.4, 0.5) is 0 Å². The summed E-state index contributed by atoms with van der Waals surface area (Å²) in [5, 5.41) is 12.9. The molecular formula is C21H20N2O3S. The van der Waals surface area contributed by atoms with Crippen molar-refractivity contribution in [2.75, 3.05) is 0 Å². The fourth-order valence-corrected chi connectivity index (χ4v) is 4.81. The molecule has 0 amide bonds. The van der Waals surface area contributed by atoms with Gasteiger partial charge in [0.05, 0.1) is 17.6 Å². The largest absolute Gasteiger partial charge is 0.480 e. The van der Waals surface area contributed by atoms with Crippen molar-refractivity contribution in [3.05, 3.63) is 69.5 Å². The number of thiophene rings is 1. The van der Waals surface area contributed by atoms with Crippen molar-refractivity contribution in [3.8, 4) is 0 Å². The highest BCUT2D eigenvalue weighted by molar-refractivity contribution is 7.17. The Morgan fingerprint density at radius 2 is 1.89 bits per heavy atom. The summed E-state index contributed by atoms with van der Waals surface area (Å²) in [6.07, 6.45) is 0.351. The number of hydrogen-bond donors (Lipinski definition) is 1. The van der Waals surface area contributed by atoms with Gasteiger partial charge in [-0.05, 0) is 48.1 Å². The molecule has 0 aliphatic rings. The maximum absolute atomic E-state index is 13.2. The van der Waals surface area contributed by atoms with Crippen LogP contribution in [-0.2, 0) is 11.3 Å². The number of aliphatic carboxylic acids is 1. The highest BCUT2D eigenvalue weighted by Crippen LogP contribution is 2.30. The Kier molecular flexibility index (Phi) is 4.36. The number of para-hydroxylation sites is 2. The maximum atomic E-state index is 13.2. The van der Waals surface area contributed by atoms with Gasteiger partial charge in [0.25, 0.3) is 0 Å². The molecule has 0 radical (unpaired) electrons. The highest BCUT2D eigenvalue weighted by Gasteiger charge is 2.24. The first kappa shape index (κ1) is 17.5. The third-order valence-corrected chi connectivity index (χ3v) is 6.06. The third-order valence-electron chi connectivity index (χ3n) is 5.06. The van der Waals surface area contributed by atoms with Crippen LogP contribution in [0, 0.1) is 6.92 Å². The number of aryl methyl sites for hydroxylation is 1. The van der Waals surface area contributed by atoms with Gasteiger partial charge >= 0.3 is 11.7 Å². The number of carboxylic acids is 1. The van der Waals surface area contributed by atoms with Gasteiger partial charge in [-0.3, -0.25) is 9.13 Å². The molecule has 0 unspecified atom stereocenters. The zero-order valence-corrected chi connectivity index (χ0v) is 16.0. The first-order chi connectivity index (χ1) is 13.0. The number of imidazole rings is 1. The number of carbonyl (C=O) groups is 1. The van der Waals surface area contributed by atoms with Crippen molar-refractivity contribution in [3.63, 3.8) is 0 Å². The van der Waals surface area contributed by atoms with Gasteiger partial charge in [0, 0.05) is 10.1 Å². The summed E-state index contributed by atoms with van der Waals surface area (Å²) in [6, 6.07) is 12.7. The molecule has 27 heavy (non-hydrogen) atoms. The van der Waals surface area contributed by atoms with Gasteiger partial charge in [0.1, 0.15) is 6.04 Å². The highest BCUT2D eigenvalue weighted by atomic mass is 32.1. The van der Waals surface area contributed by atoms with Crippen LogP contribution in [-0.4, -0.2) is 20.2 Å². The topological polar surface area (TPSA) is 64.2 Å². The Morgan fingerprint density at radius 3 is 2.59 bits per heavy atom. The quantitative estimate of drug-likeness (QED) is 0.558. The molecule has 1 atom stereocenters. The van der Waals surface area contributed by atoms with E-state index in [0.29, 0.717) is 18.5 Å². The van der Waals surface area contributed by atoms with Gasteiger partial charge < -0.3 is 5.11 Å². The molecule has 0 aliphatic heterocycles. The van der Waals surface area contributed by atoms with Crippen molar-refractivity contribution < 1.29 is 9.90 Å². The SMILES string of the molecule is CC[C@@H](C(=O)O)n1c(=O)n(Cc2csc3cccc(C)c23)c2ccccc21. The summed E-state index contributed by atoms with van der Waals surface area (Å²) < 4.78 is 4.30. The number of nitrogens with zero attached hydrogens (tertiary/aromatic N) is 2. The smallest absolute Gasteiger partial charge is 0.330 e. The van der Waals surface area contributed by atoms with Gasteiger partial charge in [0.15, 0.2) is 0 Å². The molecule has 0 aliphatic carbocycles. The van der Waals surface area contributed by atoms with E-state index >= 15 is 0 Å². The summed E-state index contributed by atoms with van der Waals surface area (Å²) in [6.45, 7) is 4.28. The molecule has 6 heteroatoms. The predicted molar refractivity (Wildman–Crippen MR) is 109 cm³/mol. The van der Waals surface area contributed by atoms with Crippen molar-refractivity contribution in [1.82, 2.24) is 9.13 Å². The van der Waals surface area contributed by atoms with E-state index in [-0.39, 0.29) is 5.69 Å². The molecule has 2 heterocycles. The normalized spacial score (nSPS) is 12.7. The van der Waals surface area contributed by atoms with Gasteiger partial charge in [-0.1, -0.05) is 31.2 Å². The van der Waals surface area contributed by atoms with E-state index in [2.05, 4.69) is 24.4 Å². The minimum atomic E-state index is -0.987. The Hall–Kier alpha value is -2.86. The zero-order chi connectivity index (χ0) is 19.1. The fourth-order valence-electron chi connectivity index (χ4n) is 3.78. The van der Waals surface area contributed by atoms with E-state index in [1.807, 2.05) is 30.3 Å². The molecular weight excluding hydrogens is 360 g/mol. The number of benzene rings is 2. The number of aromatic nitrogens is 2. The van der Waals surface area contributed by atoms with Crippen LogP contribution in [0.25, 0.3) is 21.1 Å². The second-order valence-corrected chi connectivity index (χ2v) is 7.61. The van der Waals surface area contributed by atoms with Crippen LogP contribution >= 0.6 is 11.3 Å². The van der Waals surface area contributed by atoms with E-state index in [1.54, 1.807) is 22.8 Å². The molecule has 4 rings (SSSR count). The maximum Gasteiger partial charge on any atom is 0.330 e. The zero-order valence-electron chi connectivity index (χ0n) is 15.2. The Balaban J connectivity index is 1.93.